The van der Waals surface area contributed by atoms with Crippen molar-refractivity contribution in [3.05, 3.63) is 59.9 Å². The molecule has 0 aliphatic heterocycles. The first-order valence-corrected chi connectivity index (χ1v) is 7.18. The van der Waals surface area contributed by atoms with E-state index in [0.29, 0.717) is 0 Å². The van der Waals surface area contributed by atoms with Gasteiger partial charge in [0.2, 0.25) is 0 Å². The fraction of sp³-hybridized carbons (Fsp3) is 0.353. The van der Waals surface area contributed by atoms with Crippen LogP contribution >= 0.6 is 0 Å². The fourth-order valence-corrected chi connectivity index (χ4v) is 2.33. The van der Waals surface area contributed by atoms with Crippen LogP contribution in [0.2, 0.25) is 0 Å². The first-order chi connectivity index (χ1) is 9.76. The molecule has 1 atom stereocenters. The molecule has 1 heterocycles. The van der Waals surface area contributed by atoms with Gasteiger partial charge in [0.05, 0.1) is 18.3 Å². The number of aliphatic hydroxyl groups is 1. The molecule has 1 aromatic heterocycles. The van der Waals surface area contributed by atoms with Gasteiger partial charge in [-0.2, -0.15) is 0 Å². The zero-order valence-corrected chi connectivity index (χ0v) is 12.2. The molecule has 3 heteroatoms. The first kappa shape index (κ1) is 14.5. The minimum atomic E-state index is -0.413. The first-order valence-electron chi connectivity index (χ1n) is 7.18. The molecule has 20 heavy (non-hydrogen) atoms. The van der Waals surface area contributed by atoms with Crippen LogP contribution in [0.5, 0.6) is 0 Å². The summed E-state index contributed by atoms with van der Waals surface area (Å²) in [6, 6.07) is 14.0. The third-order valence-corrected chi connectivity index (χ3v) is 3.48. The van der Waals surface area contributed by atoms with Crippen molar-refractivity contribution in [2.45, 2.75) is 32.9 Å². The Hall–Kier alpha value is -1.87. The summed E-state index contributed by atoms with van der Waals surface area (Å²) in [5.74, 6) is 0. The molecular weight excluding hydrogens is 248 g/mol. The summed E-state index contributed by atoms with van der Waals surface area (Å²) in [6.07, 6.45) is 2.12. The Balaban J connectivity index is 2.28. The second kappa shape index (κ2) is 7.06. The van der Waals surface area contributed by atoms with Crippen molar-refractivity contribution in [1.29, 1.82) is 0 Å². The van der Waals surface area contributed by atoms with Crippen molar-refractivity contribution in [2.75, 3.05) is 11.4 Å². The summed E-state index contributed by atoms with van der Waals surface area (Å²) in [4.78, 5) is 6.63. The number of hydrogen-bond donors (Lipinski definition) is 1. The molecule has 2 rings (SSSR count). The van der Waals surface area contributed by atoms with Crippen molar-refractivity contribution in [3.8, 4) is 0 Å². The lowest BCUT2D eigenvalue weighted by atomic mass is 10.0. The number of anilines is 1. The number of aliphatic hydroxyl groups excluding tert-OH is 1. The number of rotatable bonds is 6. The minimum Gasteiger partial charge on any atom is -0.388 e. The quantitative estimate of drug-likeness (QED) is 0.872. The molecule has 0 radical (unpaired) electrons. The standard InChI is InChI=1S/C17H22N2O/c1-3-17(20)15-10-5-6-11-16(15)19(4-2)13-14-9-7-8-12-18-14/h5-12,17,20H,3-4,13H2,1-2H3/t17-/m0/s1. The molecule has 1 aromatic carbocycles. The minimum absolute atomic E-state index is 0.413. The van der Waals surface area contributed by atoms with Gasteiger partial charge in [-0.3, -0.25) is 4.98 Å². The molecule has 0 aliphatic carbocycles. The van der Waals surface area contributed by atoms with Gasteiger partial charge in [-0.05, 0) is 31.5 Å². The Kier molecular flexibility index (Phi) is 5.13. The zero-order valence-electron chi connectivity index (χ0n) is 12.2. The van der Waals surface area contributed by atoms with E-state index in [2.05, 4.69) is 22.9 Å². The van der Waals surface area contributed by atoms with Crippen molar-refractivity contribution in [1.82, 2.24) is 4.98 Å². The molecule has 0 saturated heterocycles. The van der Waals surface area contributed by atoms with Crippen LogP contribution in [0.4, 0.5) is 5.69 Å². The second-order valence-corrected chi connectivity index (χ2v) is 4.82. The Bertz CT molecular complexity index is 528. The van der Waals surface area contributed by atoms with Crippen molar-refractivity contribution in [3.63, 3.8) is 0 Å². The molecule has 0 saturated carbocycles. The molecule has 2 aromatic rings. The molecule has 0 bridgehead atoms. The van der Waals surface area contributed by atoms with Crippen LogP contribution in [0.15, 0.2) is 48.7 Å². The average Bonchev–Trinajstić information content (AvgIpc) is 2.53. The van der Waals surface area contributed by atoms with E-state index in [1.165, 1.54) is 0 Å². The van der Waals surface area contributed by atoms with E-state index in [0.717, 1.165) is 36.5 Å². The SMILES string of the molecule is CC[C@H](O)c1ccccc1N(CC)Cc1ccccn1. The number of benzene rings is 1. The fourth-order valence-electron chi connectivity index (χ4n) is 2.33. The lowest BCUT2D eigenvalue weighted by Crippen LogP contribution is -2.24. The van der Waals surface area contributed by atoms with Crippen LogP contribution in [0, 0.1) is 0 Å². The lowest BCUT2D eigenvalue weighted by Gasteiger charge is -2.27. The summed E-state index contributed by atoms with van der Waals surface area (Å²) < 4.78 is 0. The molecule has 0 amide bonds. The van der Waals surface area contributed by atoms with Gasteiger partial charge in [0.1, 0.15) is 0 Å². The van der Waals surface area contributed by atoms with Crippen molar-refractivity contribution in [2.24, 2.45) is 0 Å². The third kappa shape index (κ3) is 3.36. The molecule has 0 fully saturated rings. The summed E-state index contributed by atoms with van der Waals surface area (Å²) in [5, 5.41) is 10.2. The second-order valence-electron chi connectivity index (χ2n) is 4.82. The van der Waals surface area contributed by atoms with Gasteiger partial charge < -0.3 is 10.0 Å². The molecule has 106 valence electrons. The highest BCUT2D eigenvalue weighted by Gasteiger charge is 2.15. The van der Waals surface area contributed by atoms with Crippen LogP contribution in [-0.2, 0) is 6.54 Å². The van der Waals surface area contributed by atoms with Gasteiger partial charge in [0.15, 0.2) is 0 Å². The van der Waals surface area contributed by atoms with E-state index in [-0.39, 0.29) is 0 Å². The maximum absolute atomic E-state index is 10.2. The van der Waals surface area contributed by atoms with E-state index < -0.39 is 6.10 Å². The zero-order chi connectivity index (χ0) is 14.4. The largest absolute Gasteiger partial charge is 0.388 e. The Morgan fingerprint density at radius 2 is 1.85 bits per heavy atom. The third-order valence-electron chi connectivity index (χ3n) is 3.48. The molecular formula is C17H22N2O. The van der Waals surface area contributed by atoms with Crippen molar-refractivity contribution < 1.29 is 5.11 Å². The topological polar surface area (TPSA) is 36.4 Å². The summed E-state index contributed by atoms with van der Waals surface area (Å²) in [6.45, 7) is 5.75. The predicted octanol–water partition coefficient (Wildman–Crippen LogP) is 3.55. The maximum atomic E-state index is 10.2. The Labute approximate surface area is 120 Å². The highest BCUT2D eigenvalue weighted by Crippen LogP contribution is 2.28. The normalized spacial score (nSPS) is 12.2. The molecule has 0 spiro atoms. The van der Waals surface area contributed by atoms with Crippen LogP contribution in [0.25, 0.3) is 0 Å². The van der Waals surface area contributed by atoms with Gasteiger partial charge in [-0.15, -0.1) is 0 Å². The van der Waals surface area contributed by atoms with Crippen LogP contribution < -0.4 is 4.90 Å². The lowest BCUT2D eigenvalue weighted by molar-refractivity contribution is 0.174. The van der Waals surface area contributed by atoms with E-state index in [4.69, 9.17) is 0 Å². The summed E-state index contributed by atoms with van der Waals surface area (Å²) >= 11 is 0. The highest BCUT2D eigenvalue weighted by molar-refractivity contribution is 5.54. The van der Waals surface area contributed by atoms with Gasteiger partial charge in [-0.25, -0.2) is 0 Å². The number of pyridine rings is 1. The summed E-state index contributed by atoms with van der Waals surface area (Å²) in [5.41, 5.74) is 3.12. The van der Waals surface area contributed by atoms with Crippen LogP contribution in [-0.4, -0.2) is 16.6 Å². The van der Waals surface area contributed by atoms with Crippen LogP contribution in [0.3, 0.4) is 0 Å². The Morgan fingerprint density at radius 1 is 1.10 bits per heavy atom. The summed E-state index contributed by atoms with van der Waals surface area (Å²) in [7, 11) is 0. The highest BCUT2D eigenvalue weighted by atomic mass is 16.3. The van der Waals surface area contributed by atoms with Crippen LogP contribution in [0.1, 0.15) is 37.6 Å². The number of aromatic nitrogens is 1. The molecule has 0 aliphatic rings. The van der Waals surface area contributed by atoms with Gasteiger partial charge in [0.25, 0.3) is 0 Å². The Morgan fingerprint density at radius 3 is 2.50 bits per heavy atom. The monoisotopic (exact) mass is 270 g/mol. The van der Waals surface area contributed by atoms with Gasteiger partial charge >= 0.3 is 0 Å². The molecule has 3 nitrogen and oxygen atoms in total. The molecule has 0 unspecified atom stereocenters. The van der Waals surface area contributed by atoms with E-state index in [9.17, 15) is 5.11 Å². The van der Waals surface area contributed by atoms with Gasteiger partial charge in [0, 0.05) is 24.0 Å². The maximum Gasteiger partial charge on any atom is 0.0807 e. The van der Waals surface area contributed by atoms with Crippen molar-refractivity contribution >= 4 is 5.69 Å². The predicted molar refractivity (Wildman–Crippen MR) is 82.7 cm³/mol. The number of hydrogen-bond acceptors (Lipinski definition) is 3. The number of para-hydroxylation sites is 1. The number of nitrogens with zero attached hydrogens (tertiary/aromatic N) is 2. The van der Waals surface area contributed by atoms with E-state index >= 15 is 0 Å². The van der Waals surface area contributed by atoms with Gasteiger partial charge in [-0.1, -0.05) is 31.2 Å². The van der Waals surface area contributed by atoms with E-state index in [1.54, 1.807) is 0 Å². The molecule has 1 N–H and O–H groups in total. The average molecular weight is 270 g/mol. The van der Waals surface area contributed by atoms with E-state index in [1.807, 2.05) is 49.5 Å². The smallest absolute Gasteiger partial charge is 0.0807 e.